The van der Waals surface area contributed by atoms with Crippen molar-refractivity contribution in [2.75, 3.05) is 20.8 Å². The van der Waals surface area contributed by atoms with Gasteiger partial charge in [-0.3, -0.25) is 4.79 Å². The van der Waals surface area contributed by atoms with Gasteiger partial charge in [0.15, 0.2) is 17.6 Å². The first-order valence-corrected chi connectivity index (χ1v) is 9.21. The van der Waals surface area contributed by atoms with Crippen molar-refractivity contribution in [3.63, 3.8) is 0 Å². The van der Waals surface area contributed by atoms with Gasteiger partial charge < -0.3 is 19.5 Å². The molecule has 146 valence electrons. The van der Waals surface area contributed by atoms with Crippen LogP contribution in [-0.2, 0) is 11.2 Å². The summed E-state index contributed by atoms with van der Waals surface area (Å²) in [5, 5.41) is 2.97. The Hall–Kier alpha value is -2.69. The zero-order valence-electron chi connectivity index (χ0n) is 16.8. The lowest BCUT2D eigenvalue weighted by Gasteiger charge is -2.19. The highest BCUT2D eigenvalue weighted by Crippen LogP contribution is 2.27. The zero-order chi connectivity index (χ0) is 19.8. The summed E-state index contributed by atoms with van der Waals surface area (Å²) in [4.78, 5) is 12.5. The zero-order valence-corrected chi connectivity index (χ0v) is 16.8. The van der Waals surface area contributed by atoms with E-state index in [1.54, 1.807) is 14.2 Å². The van der Waals surface area contributed by atoms with Crippen molar-refractivity contribution in [1.82, 2.24) is 5.32 Å². The van der Waals surface area contributed by atoms with E-state index >= 15 is 0 Å². The van der Waals surface area contributed by atoms with Crippen molar-refractivity contribution < 1.29 is 19.0 Å². The van der Waals surface area contributed by atoms with Crippen LogP contribution in [0.2, 0.25) is 0 Å². The number of rotatable bonds is 9. The molecule has 0 aromatic heterocycles. The molecule has 0 radical (unpaired) electrons. The predicted molar refractivity (Wildman–Crippen MR) is 107 cm³/mol. The van der Waals surface area contributed by atoms with Crippen molar-refractivity contribution in [2.45, 2.75) is 39.7 Å². The molecule has 2 aromatic rings. The van der Waals surface area contributed by atoms with E-state index in [1.807, 2.05) is 57.2 Å². The van der Waals surface area contributed by atoms with Crippen LogP contribution >= 0.6 is 0 Å². The predicted octanol–water partition coefficient (Wildman–Crippen LogP) is 3.84. The number of nitrogens with one attached hydrogen (secondary N) is 1. The van der Waals surface area contributed by atoms with Gasteiger partial charge in [0, 0.05) is 6.54 Å². The molecule has 0 saturated heterocycles. The number of aryl methyl sites for hydroxylation is 1. The largest absolute Gasteiger partial charge is 0.493 e. The quantitative estimate of drug-likeness (QED) is 0.728. The molecule has 0 aliphatic heterocycles. The summed E-state index contributed by atoms with van der Waals surface area (Å²) >= 11 is 0. The third-order valence-corrected chi connectivity index (χ3v) is 4.65. The van der Waals surface area contributed by atoms with Gasteiger partial charge in [-0.15, -0.1) is 0 Å². The number of carbonyl (C=O) groups excluding carboxylic acids is 1. The Kier molecular flexibility index (Phi) is 7.53. The number of hydrogen-bond donors (Lipinski definition) is 1. The molecule has 1 amide bonds. The van der Waals surface area contributed by atoms with E-state index < -0.39 is 6.10 Å². The van der Waals surface area contributed by atoms with Crippen molar-refractivity contribution >= 4 is 5.91 Å². The molecule has 5 nitrogen and oxygen atoms in total. The molecule has 27 heavy (non-hydrogen) atoms. The first-order chi connectivity index (χ1) is 13.0. The summed E-state index contributed by atoms with van der Waals surface area (Å²) in [6, 6.07) is 11.6. The Labute approximate surface area is 161 Å². The molecule has 0 bridgehead atoms. The molecular formula is C22H29NO4. The highest BCUT2D eigenvalue weighted by atomic mass is 16.5. The van der Waals surface area contributed by atoms with Gasteiger partial charge in [0.25, 0.3) is 5.91 Å². The highest BCUT2D eigenvalue weighted by molar-refractivity contribution is 5.81. The fourth-order valence-corrected chi connectivity index (χ4v) is 2.81. The normalized spacial score (nSPS) is 11.6. The van der Waals surface area contributed by atoms with Gasteiger partial charge in [0.2, 0.25) is 0 Å². The molecule has 0 aliphatic rings. The van der Waals surface area contributed by atoms with Gasteiger partial charge in [-0.05, 0) is 61.6 Å². The first kappa shape index (κ1) is 20.6. The lowest BCUT2D eigenvalue weighted by atomic mass is 10.1. The minimum absolute atomic E-state index is 0.0983. The number of carbonyl (C=O) groups is 1. The van der Waals surface area contributed by atoms with E-state index in [2.05, 4.69) is 5.32 Å². The lowest BCUT2D eigenvalue weighted by Crippen LogP contribution is -2.39. The second-order valence-corrected chi connectivity index (χ2v) is 6.44. The maximum atomic E-state index is 12.5. The number of amides is 1. The van der Waals surface area contributed by atoms with Crippen LogP contribution in [-0.4, -0.2) is 32.8 Å². The molecule has 0 heterocycles. The SMILES string of the molecule is CC[C@@H](Oc1cccc(C)c1C)C(=O)NCCc1ccc(OC)c(OC)c1. The lowest BCUT2D eigenvalue weighted by molar-refractivity contribution is -0.128. The van der Waals surface area contributed by atoms with E-state index in [1.165, 1.54) is 0 Å². The number of methoxy groups -OCH3 is 2. The monoisotopic (exact) mass is 371 g/mol. The molecule has 5 heteroatoms. The fraction of sp³-hybridized carbons (Fsp3) is 0.409. The van der Waals surface area contributed by atoms with E-state index in [4.69, 9.17) is 14.2 Å². The Bertz CT molecular complexity index is 773. The average molecular weight is 371 g/mol. The fourth-order valence-electron chi connectivity index (χ4n) is 2.81. The van der Waals surface area contributed by atoms with Crippen molar-refractivity contribution in [2.24, 2.45) is 0 Å². The van der Waals surface area contributed by atoms with Crippen LogP contribution in [0.5, 0.6) is 17.2 Å². The average Bonchev–Trinajstić information content (AvgIpc) is 2.68. The Morgan fingerprint density at radius 1 is 1.04 bits per heavy atom. The Balaban J connectivity index is 1.92. The third-order valence-electron chi connectivity index (χ3n) is 4.65. The topological polar surface area (TPSA) is 56.8 Å². The minimum atomic E-state index is -0.504. The molecule has 0 fully saturated rings. The van der Waals surface area contributed by atoms with Crippen LogP contribution in [0.1, 0.15) is 30.0 Å². The smallest absolute Gasteiger partial charge is 0.261 e. The van der Waals surface area contributed by atoms with Crippen LogP contribution in [0.25, 0.3) is 0 Å². The highest BCUT2D eigenvalue weighted by Gasteiger charge is 2.19. The number of hydrogen-bond acceptors (Lipinski definition) is 4. The van der Waals surface area contributed by atoms with E-state index in [-0.39, 0.29) is 5.91 Å². The van der Waals surface area contributed by atoms with E-state index in [0.717, 1.165) is 22.4 Å². The molecule has 0 aliphatic carbocycles. The molecule has 0 saturated carbocycles. The van der Waals surface area contributed by atoms with Crippen LogP contribution in [0, 0.1) is 13.8 Å². The second kappa shape index (κ2) is 9.86. The summed E-state index contributed by atoms with van der Waals surface area (Å²) in [6.45, 7) is 6.52. The molecule has 1 N–H and O–H groups in total. The summed E-state index contributed by atoms with van der Waals surface area (Å²) in [7, 11) is 3.22. The first-order valence-electron chi connectivity index (χ1n) is 9.21. The molecule has 0 spiro atoms. The summed E-state index contributed by atoms with van der Waals surface area (Å²) in [5.41, 5.74) is 3.28. The molecule has 1 atom stereocenters. The summed E-state index contributed by atoms with van der Waals surface area (Å²) in [5.74, 6) is 2.04. The van der Waals surface area contributed by atoms with E-state index in [0.29, 0.717) is 30.9 Å². The summed E-state index contributed by atoms with van der Waals surface area (Å²) in [6.07, 6.45) is 0.803. The van der Waals surface area contributed by atoms with Gasteiger partial charge in [-0.1, -0.05) is 25.1 Å². The maximum Gasteiger partial charge on any atom is 0.261 e. The molecule has 2 aromatic carbocycles. The Morgan fingerprint density at radius 3 is 2.44 bits per heavy atom. The summed E-state index contributed by atoms with van der Waals surface area (Å²) < 4.78 is 16.5. The standard InChI is InChI=1S/C22H29NO4/c1-6-18(27-19-9-7-8-15(2)16(19)3)22(24)23-13-12-17-10-11-20(25-4)21(14-17)26-5/h7-11,14,18H,6,12-13H2,1-5H3,(H,23,24)/t18-/m1/s1. The van der Waals surface area contributed by atoms with Crippen molar-refractivity contribution in [1.29, 1.82) is 0 Å². The van der Waals surface area contributed by atoms with Crippen LogP contribution in [0.15, 0.2) is 36.4 Å². The molecule has 0 unspecified atom stereocenters. The van der Waals surface area contributed by atoms with Gasteiger partial charge in [-0.25, -0.2) is 0 Å². The van der Waals surface area contributed by atoms with Gasteiger partial charge >= 0.3 is 0 Å². The molecular weight excluding hydrogens is 342 g/mol. The third kappa shape index (κ3) is 5.39. The number of benzene rings is 2. The van der Waals surface area contributed by atoms with Gasteiger partial charge in [0.05, 0.1) is 14.2 Å². The van der Waals surface area contributed by atoms with Gasteiger partial charge in [-0.2, -0.15) is 0 Å². The van der Waals surface area contributed by atoms with E-state index in [9.17, 15) is 4.79 Å². The van der Waals surface area contributed by atoms with Crippen molar-refractivity contribution in [3.8, 4) is 17.2 Å². The van der Waals surface area contributed by atoms with Crippen LogP contribution in [0.4, 0.5) is 0 Å². The van der Waals surface area contributed by atoms with Crippen molar-refractivity contribution in [3.05, 3.63) is 53.1 Å². The molecule has 2 rings (SSSR count). The van der Waals surface area contributed by atoms with Gasteiger partial charge in [0.1, 0.15) is 5.75 Å². The maximum absolute atomic E-state index is 12.5. The Morgan fingerprint density at radius 2 is 1.78 bits per heavy atom. The number of ether oxygens (including phenoxy) is 3. The van der Waals surface area contributed by atoms with Crippen LogP contribution < -0.4 is 19.5 Å². The minimum Gasteiger partial charge on any atom is -0.493 e. The second-order valence-electron chi connectivity index (χ2n) is 6.44. The van der Waals surface area contributed by atoms with Crippen LogP contribution in [0.3, 0.4) is 0 Å².